The Labute approximate surface area is 164 Å². The first-order valence-corrected chi connectivity index (χ1v) is 9.41. The minimum absolute atomic E-state index is 0.112. The second-order valence-corrected chi connectivity index (χ2v) is 6.99. The van der Waals surface area contributed by atoms with Crippen LogP contribution in [0.25, 0.3) is 10.9 Å². The predicted octanol–water partition coefficient (Wildman–Crippen LogP) is 3.15. The van der Waals surface area contributed by atoms with Crippen LogP contribution < -0.4 is 10.5 Å². The maximum atomic E-state index is 13.0. The van der Waals surface area contributed by atoms with Gasteiger partial charge in [-0.15, -0.1) is 11.8 Å². The molecule has 0 aliphatic carbocycles. The molecule has 9 heteroatoms. The number of carbonyl (C=O) groups is 1. The van der Waals surface area contributed by atoms with Gasteiger partial charge in [0.25, 0.3) is 17.2 Å². The molecule has 0 atom stereocenters. The highest BCUT2D eigenvalue weighted by Crippen LogP contribution is 2.31. The number of thioether (sulfide) groups is 1. The summed E-state index contributed by atoms with van der Waals surface area (Å²) < 4.78 is 1.32. The van der Waals surface area contributed by atoms with Crippen LogP contribution >= 0.6 is 11.8 Å². The second kappa shape index (κ2) is 7.35. The third-order valence-corrected chi connectivity index (χ3v) is 5.27. The monoisotopic (exact) mass is 399 g/mol. The number of hydrogen-bond acceptors (Lipinski definition) is 6. The molecule has 1 aromatic heterocycles. The lowest BCUT2D eigenvalue weighted by Crippen LogP contribution is -2.34. The first kappa shape index (κ1) is 19.4. The largest absolute Gasteiger partial charge is 0.506 e. The quantitative estimate of drug-likeness (QED) is 0.410. The van der Waals surface area contributed by atoms with Crippen LogP contribution in [0.2, 0.25) is 0 Å². The average Bonchev–Trinajstić information content (AvgIpc) is 2.71. The average molecular weight is 399 g/mol. The van der Waals surface area contributed by atoms with Crippen molar-refractivity contribution >= 4 is 39.9 Å². The third kappa shape index (κ3) is 3.20. The van der Waals surface area contributed by atoms with Gasteiger partial charge in [-0.2, -0.15) is 0 Å². The maximum Gasteiger partial charge on any atom is 0.269 e. The number of nitrogens with zero attached hydrogens (tertiary/aromatic N) is 3. The highest BCUT2D eigenvalue weighted by Gasteiger charge is 2.25. The maximum absolute atomic E-state index is 13.0. The van der Waals surface area contributed by atoms with E-state index in [0.29, 0.717) is 16.6 Å². The minimum Gasteiger partial charge on any atom is -0.506 e. The number of non-ortho nitro benzene ring substituents is 1. The van der Waals surface area contributed by atoms with Gasteiger partial charge in [-0.05, 0) is 36.6 Å². The van der Waals surface area contributed by atoms with Crippen LogP contribution in [-0.4, -0.2) is 33.8 Å². The highest BCUT2D eigenvalue weighted by molar-refractivity contribution is 7.98. The van der Waals surface area contributed by atoms with Crippen LogP contribution in [0.5, 0.6) is 5.75 Å². The summed E-state index contributed by atoms with van der Waals surface area (Å²) in [5, 5.41) is 21.9. The first-order chi connectivity index (χ1) is 13.3. The van der Waals surface area contributed by atoms with Gasteiger partial charge in [0.2, 0.25) is 0 Å². The Morgan fingerprint density at radius 1 is 1.21 bits per heavy atom. The van der Waals surface area contributed by atoms with E-state index in [-0.39, 0.29) is 17.0 Å². The van der Waals surface area contributed by atoms with Crippen LogP contribution in [-0.2, 0) is 7.05 Å². The second-order valence-electron chi connectivity index (χ2n) is 6.11. The van der Waals surface area contributed by atoms with Gasteiger partial charge in [0.05, 0.1) is 10.4 Å². The number of aromatic nitrogens is 1. The number of hydrogen-bond donors (Lipinski definition) is 1. The molecule has 0 spiro atoms. The molecule has 0 fully saturated rings. The molecule has 2 aromatic carbocycles. The fourth-order valence-corrected chi connectivity index (χ4v) is 3.35. The summed E-state index contributed by atoms with van der Waals surface area (Å²) in [6.45, 7) is 0. The molecule has 3 aromatic rings. The van der Waals surface area contributed by atoms with Crippen LogP contribution in [0.4, 0.5) is 11.4 Å². The van der Waals surface area contributed by atoms with E-state index in [1.54, 1.807) is 12.1 Å². The van der Waals surface area contributed by atoms with Crippen molar-refractivity contribution in [1.82, 2.24) is 4.57 Å². The van der Waals surface area contributed by atoms with E-state index in [9.17, 15) is 24.8 Å². The summed E-state index contributed by atoms with van der Waals surface area (Å²) >= 11 is 1.47. The van der Waals surface area contributed by atoms with Gasteiger partial charge >= 0.3 is 0 Å². The first-order valence-electron chi connectivity index (χ1n) is 8.18. The van der Waals surface area contributed by atoms with Gasteiger partial charge in [-0.1, -0.05) is 0 Å². The summed E-state index contributed by atoms with van der Waals surface area (Å²) in [6.07, 6.45) is 1.88. The van der Waals surface area contributed by atoms with E-state index in [0.717, 1.165) is 4.90 Å². The van der Waals surface area contributed by atoms with Crippen molar-refractivity contribution in [1.29, 1.82) is 0 Å². The summed E-state index contributed by atoms with van der Waals surface area (Å²) in [5.41, 5.74) is -0.224. The number of aromatic hydroxyl groups is 1. The third-order valence-electron chi connectivity index (χ3n) is 4.54. The Kier molecular flexibility index (Phi) is 5.10. The normalized spacial score (nSPS) is 10.8. The van der Waals surface area contributed by atoms with Crippen molar-refractivity contribution < 1.29 is 14.8 Å². The molecule has 144 valence electrons. The Balaban J connectivity index is 2.12. The molecule has 0 aliphatic rings. The van der Waals surface area contributed by atoms with Gasteiger partial charge in [0, 0.05) is 42.2 Å². The molecule has 1 N–H and O–H groups in total. The summed E-state index contributed by atoms with van der Waals surface area (Å²) in [5.74, 6) is -1.09. The van der Waals surface area contributed by atoms with E-state index in [1.807, 2.05) is 12.3 Å². The zero-order valence-electron chi connectivity index (χ0n) is 15.4. The molecule has 8 nitrogen and oxygen atoms in total. The van der Waals surface area contributed by atoms with Crippen molar-refractivity contribution in [2.45, 2.75) is 4.90 Å². The molecule has 0 saturated heterocycles. The lowest BCUT2D eigenvalue weighted by molar-refractivity contribution is -0.384. The number of anilines is 1. The summed E-state index contributed by atoms with van der Waals surface area (Å²) in [4.78, 5) is 38.0. The molecule has 0 bridgehead atoms. The fraction of sp³-hybridized carbons (Fsp3) is 0.158. The van der Waals surface area contributed by atoms with Crippen LogP contribution in [0.3, 0.4) is 0 Å². The van der Waals surface area contributed by atoms with Crippen molar-refractivity contribution in [2.24, 2.45) is 7.05 Å². The topological polar surface area (TPSA) is 106 Å². The molecule has 1 heterocycles. The van der Waals surface area contributed by atoms with E-state index >= 15 is 0 Å². The Bertz CT molecular complexity index is 1150. The highest BCUT2D eigenvalue weighted by atomic mass is 32.2. The van der Waals surface area contributed by atoms with Gasteiger partial charge in [-0.3, -0.25) is 19.7 Å². The van der Waals surface area contributed by atoms with Crippen molar-refractivity contribution in [3.8, 4) is 5.75 Å². The van der Waals surface area contributed by atoms with Crippen LogP contribution in [0.15, 0.2) is 52.2 Å². The molecular weight excluding hydrogens is 382 g/mol. The van der Waals surface area contributed by atoms with Crippen LogP contribution in [0.1, 0.15) is 10.4 Å². The number of nitro benzene ring substituents is 1. The number of benzene rings is 2. The Hall–Kier alpha value is -3.33. The van der Waals surface area contributed by atoms with Crippen molar-refractivity contribution in [3.63, 3.8) is 0 Å². The molecule has 0 aliphatic heterocycles. The number of amides is 1. The van der Waals surface area contributed by atoms with Gasteiger partial charge in [-0.25, -0.2) is 0 Å². The van der Waals surface area contributed by atoms with Gasteiger partial charge < -0.3 is 14.6 Å². The molecular formula is C19H17N3O5S. The van der Waals surface area contributed by atoms with E-state index in [4.69, 9.17) is 0 Å². The van der Waals surface area contributed by atoms with Crippen molar-refractivity contribution in [3.05, 3.63) is 68.5 Å². The van der Waals surface area contributed by atoms with E-state index in [1.165, 1.54) is 59.6 Å². The number of aryl methyl sites for hydroxylation is 1. The number of nitro groups is 1. The smallest absolute Gasteiger partial charge is 0.269 e. The van der Waals surface area contributed by atoms with Gasteiger partial charge in [0.1, 0.15) is 11.3 Å². The summed E-state index contributed by atoms with van der Waals surface area (Å²) in [6, 6.07) is 10.6. The van der Waals surface area contributed by atoms with E-state index < -0.39 is 16.4 Å². The van der Waals surface area contributed by atoms with Crippen LogP contribution in [0, 0.1) is 10.1 Å². The zero-order valence-corrected chi connectivity index (χ0v) is 16.2. The standard InChI is InChI=1S/C19H17N3O5S/c1-20(11-4-6-12(7-5-11)22(26)27)18(24)16-17(23)14-10-13(28-3)8-9-15(14)21(2)19(16)25/h4-10,23H,1-3H3. The SMILES string of the molecule is CSc1ccc2c(c1)c(O)c(C(=O)N(C)c1ccc([N+](=O)[O-])cc1)c(=O)n2C. The lowest BCUT2D eigenvalue weighted by Gasteiger charge is -2.19. The Morgan fingerprint density at radius 2 is 1.86 bits per heavy atom. The Morgan fingerprint density at radius 3 is 2.43 bits per heavy atom. The van der Waals surface area contributed by atoms with E-state index in [2.05, 4.69) is 0 Å². The molecule has 0 unspecified atom stereocenters. The van der Waals surface area contributed by atoms with Crippen molar-refractivity contribution in [2.75, 3.05) is 18.2 Å². The number of carbonyl (C=O) groups excluding carboxylic acids is 1. The number of rotatable bonds is 4. The molecule has 3 rings (SSSR count). The molecule has 1 amide bonds. The fourth-order valence-electron chi connectivity index (χ4n) is 2.91. The lowest BCUT2D eigenvalue weighted by atomic mass is 10.1. The number of pyridine rings is 1. The predicted molar refractivity (Wildman–Crippen MR) is 108 cm³/mol. The molecule has 0 radical (unpaired) electrons. The number of fused-ring (bicyclic) bond motifs is 1. The molecule has 0 saturated carbocycles. The summed E-state index contributed by atoms with van der Waals surface area (Å²) in [7, 11) is 2.97. The molecule has 28 heavy (non-hydrogen) atoms. The minimum atomic E-state index is -0.705. The van der Waals surface area contributed by atoms with Gasteiger partial charge in [0.15, 0.2) is 0 Å². The zero-order chi connectivity index (χ0) is 20.6.